The number of benzene rings is 1. The quantitative estimate of drug-likeness (QED) is 0.721. The molecular weight excluding hydrogens is 332 g/mol. The zero-order chi connectivity index (χ0) is 18.3. The Kier molecular flexibility index (Phi) is 4.21. The molecule has 0 aromatic heterocycles. The van der Waals surface area contributed by atoms with Crippen LogP contribution in [-0.2, 0) is 19.9 Å². The number of piperidine rings is 2. The summed E-state index contributed by atoms with van der Waals surface area (Å²) in [5.41, 5.74) is 0.840. The summed E-state index contributed by atoms with van der Waals surface area (Å²) in [4.78, 5) is 40.4. The number of nitrogens with zero attached hydrogens (tertiary/aromatic N) is 2. The molecule has 0 N–H and O–H groups in total. The summed E-state index contributed by atoms with van der Waals surface area (Å²) in [6.45, 7) is 3.99. The number of likely N-dealkylation sites (tertiary alicyclic amines) is 2. The molecule has 0 saturated carbocycles. The van der Waals surface area contributed by atoms with Gasteiger partial charge >= 0.3 is 5.97 Å². The van der Waals surface area contributed by atoms with E-state index in [9.17, 15) is 14.4 Å². The number of carbonyl (C=O) groups is 3. The molecule has 3 heterocycles. The van der Waals surface area contributed by atoms with E-state index in [0.29, 0.717) is 44.6 Å². The van der Waals surface area contributed by atoms with E-state index in [1.165, 1.54) is 0 Å². The van der Waals surface area contributed by atoms with Gasteiger partial charge in [0, 0.05) is 38.0 Å². The third kappa shape index (κ3) is 2.77. The van der Waals surface area contributed by atoms with Gasteiger partial charge in [-0.1, -0.05) is 18.2 Å². The molecule has 1 aromatic rings. The third-order valence-electron chi connectivity index (χ3n) is 5.98. The zero-order valence-corrected chi connectivity index (χ0v) is 15.1. The van der Waals surface area contributed by atoms with Crippen molar-refractivity contribution in [3.63, 3.8) is 0 Å². The van der Waals surface area contributed by atoms with Crippen LogP contribution in [0.4, 0.5) is 0 Å². The topological polar surface area (TPSA) is 66.9 Å². The van der Waals surface area contributed by atoms with Gasteiger partial charge < -0.3 is 14.5 Å². The van der Waals surface area contributed by atoms with Crippen LogP contribution in [0.2, 0.25) is 0 Å². The number of hydrogen-bond acceptors (Lipinski definition) is 4. The molecule has 1 atom stereocenters. The molecule has 2 saturated heterocycles. The van der Waals surface area contributed by atoms with Gasteiger partial charge in [0.2, 0.25) is 11.8 Å². The van der Waals surface area contributed by atoms with Gasteiger partial charge in [-0.25, -0.2) is 4.79 Å². The number of hydrogen-bond donors (Lipinski definition) is 0. The number of fused-ring (bicyclic) bond motifs is 2. The Labute approximate surface area is 153 Å². The summed E-state index contributed by atoms with van der Waals surface area (Å²) in [5.74, 6) is -0.132. The summed E-state index contributed by atoms with van der Waals surface area (Å²) in [7, 11) is 0. The Morgan fingerprint density at radius 3 is 2.58 bits per heavy atom. The first kappa shape index (κ1) is 17.1. The number of amides is 2. The molecule has 6 heteroatoms. The van der Waals surface area contributed by atoms with E-state index in [1.807, 2.05) is 23.1 Å². The first-order valence-electron chi connectivity index (χ1n) is 9.37. The van der Waals surface area contributed by atoms with E-state index in [1.54, 1.807) is 17.9 Å². The molecule has 0 radical (unpaired) electrons. The molecular formula is C20H24N2O4. The van der Waals surface area contributed by atoms with Crippen LogP contribution >= 0.6 is 0 Å². The lowest BCUT2D eigenvalue weighted by atomic mass is 9.84. The van der Waals surface area contributed by atoms with Crippen molar-refractivity contribution in [2.75, 3.05) is 26.2 Å². The Morgan fingerprint density at radius 2 is 1.85 bits per heavy atom. The predicted octanol–water partition coefficient (Wildman–Crippen LogP) is 1.93. The minimum absolute atomic E-state index is 0.0481. The number of esters is 1. The molecule has 3 aliphatic rings. The molecule has 1 spiro atoms. The van der Waals surface area contributed by atoms with Crippen molar-refractivity contribution in [3.05, 3.63) is 35.4 Å². The van der Waals surface area contributed by atoms with Crippen LogP contribution in [0.5, 0.6) is 0 Å². The maximum Gasteiger partial charge on any atom is 0.339 e. The highest BCUT2D eigenvalue weighted by atomic mass is 16.6. The van der Waals surface area contributed by atoms with E-state index < -0.39 is 5.60 Å². The predicted molar refractivity (Wildman–Crippen MR) is 94.3 cm³/mol. The molecule has 26 heavy (non-hydrogen) atoms. The van der Waals surface area contributed by atoms with Gasteiger partial charge in [0.05, 0.1) is 12.1 Å². The molecule has 1 unspecified atom stereocenters. The van der Waals surface area contributed by atoms with E-state index in [4.69, 9.17) is 4.74 Å². The molecule has 0 bridgehead atoms. The second-order valence-corrected chi connectivity index (χ2v) is 7.57. The maximum absolute atomic E-state index is 13.0. The maximum atomic E-state index is 13.0. The highest BCUT2D eigenvalue weighted by molar-refractivity contribution is 5.95. The van der Waals surface area contributed by atoms with Gasteiger partial charge in [0.25, 0.3) is 0 Å². The van der Waals surface area contributed by atoms with Gasteiger partial charge in [-0.2, -0.15) is 0 Å². The van der Waals surface area contributed by atoms with Crippen molar-refractivity contribution in [2.24, 2.45) is 5.92 Å². The lowest BCUT2D eigenvalue weighted by molar-refractivity contribution is -0.146. The average molecular weight is 356 g/mol. The Balaban J connectivity index is 1.49. The van der Waals surface area contributed by atoms with E-state index >= 15 is 0 Å². The van der Waals surface area contributed by atoms with Crippen molar-refractivity contribution in [1.82, 2.24) is 9.80 Å². The summed E-state index contributed by atoms with van der Waals surface area (Å²) < 4.78 is 5.79. The summed E-state index contributed by atoms with van der Waals surface area (Å²) in [6.07, 6.45) is 2.98. The Morgan fingerprint density at radius 1 is 1.12 bits per heavy atom. The van der Waals surface area contributed by atoms with Crippen molar-refractivity contribution in [3.8, 4) is 0 Å². The standard InChI is InChI=1S/C20H24N2O4/c1-14(23)21-11-7-15(8-12-21)18(24)22-10-4-9-20(13-22)17-6-3-2-5-16(17)19(25)26-20/h2-3,5-6,15H,4,7-13H2,1H3. The monoisotopic (exact) mass is 356 g/mol. The first-order valence-corrected chi connectivity index (χ1v) is 9.37. The summed E-state index contributed by atoms with van der Waals surface area (Å²) >= 11 is 0. The SMILES string of the molecule is CC(=O)N1CCC(C(=O)N2CCCC3(C2)OC(=O)c2ccccc23)CC1. The highest BCUT2D eigenvalue weighted by Crippen LogP contribution is 2.43. The molecule has 1 aromatic carbocycles. The van der Waals surface area contributed by atoms with E-state index in [0.717, 1.165) is 18.4 Å². The lowest BCUT2D eigenvalue weighted by Crippen LogP contribution is -2.51. The van der Waals surface area contributed by atoms with Crippen LogP contribution in [0.25, 0.3) is 0 Å². The first-order chi connectivity index (χ1) is 12.5. The lowest BCUT2D eigenvalue weighted by Gasteiger charge is -2.41. The van der Waals surface area contributed by atoms with Crippen LogP contribution in [0, 0.1) is 5.92 Å². The molecule has 6 nitrogen and oxygen atoms in total. The molecule has 138 valence electrons. The van der Waals surface area contributed by atoms with Crippen LogP contribution in [0.15, 0.2) is 24.3 Å². The van der Waals surface area contributed by atoms with Crippen molar-refractivity contribution >= 4 is 17.8 Å². The summed E-state index contributed by atoms with van der Waals surface area (Å²) in [6, 6.07) is 7.50. The van der Waals surface area contributed by atoms with Crippen LogP contribution < -0.4 is 0 Å². The number of ether oxygens (including phenoxy) is 1. The van der Waals surface area contributed by atoms with Gasteiger partial charge in [-0.05, 0) is 31.7 Å². The highest BCUT2D eigenvalue weighted by Gasteiger charge is 2.49. The smallest absolute Gasteiger partial charge is 0.339 e. The second kappa shape index (κ2) is 6.41. The molecule has 0 aliphatic carbocycles. The minimum Gasteiger partial charge on any atom is -0.449 e. The van der Waals surface area contributed by atoms with Crippen LogP contribution in [0.3, 0.4) is 0 Å². The van der Waals surface area contributed by atoms with E-state index in [2.05, 4.69) is 0 Å². The second-order valence-electron chi connectivity index (χ2n) is 7.57. The zero-order valence-electron chi connectivity index (χ0n) is 15.1. The van der Waals surface area contributed by atoms with Gasteiger partial charge in [0.1, 0.15) is 0 Å². The van der Waals surface area contributed by atoms with Crippen LogP contribution in [-0.4, -0.2) is 53.8 Å². The Bertz CT molecular complexity index is 754. The fourth-order valence-corrected chi connectivity index (χ4v) is 4.56. The molecule has 2 amide bonds. The number of rotatable bonds is 1. The van der Waals surface area contributed by atoms with Crippen molar-refractivity contribution < 1.29 is 19.1 Å². The molecule has 4 rings (SSSR count). The van der Waals surface area contributed by atoms with Crippen molar-refractivity contribution in [2.45, 2.75) is 38.2 Å². The normalized spacial score (nSPS) is 26.0. The molecule has 2 fully saturated rings. The van der Waals surface area contributed by atoms with Gasteiger partial charge in [-0.15, -0.1) is 0 Å². The molecule has 3 aliphatic heterocycles. The van der Waals surface area contributed by atoms with Gasteiger partial charge in [-0.3, -0.25) is 9.59 Å². The summed E-state index contributed by atoms with van der Waals surface area (Å²) in [5, 5.41) is 0. The minimum atomic E-state index is -0.693. The fourth-order valence-electron chi connectivity index (χ4n) is 4.56. The fraction of sp³-hybridized carbons (Fsp3) is 0.550. The average Bonchev–Trinajstić information content (AvgIpc) is 2.93. The third-order valence-corrected chi connectivity index (χ3v) is 5.98. The van der Waals surface area contributed by atoms with Crippen molar-refractivity contribution in [1.29, 1.82) is 0 Å². The number of carbonyl (C=O) groups excluding carboxylic acids is 3. The van der Waals surface area contributed by atoms with E-state index in [-0.39, 0.29) is 23.7 Å². The van der Waals surface area contributed by atoms with Crippen LogP contribution in [0.1, 0.15) is 48.5 Å². The Hall–Kier alpha value is -2.37. The largest absolute Gasteiger partial charge is 0.449 e. The van der Waals surface area contributed by atoms with Gasteiger partial charge in [0.15, 0.2) is 5.60 Å².